The van der Waals surface area contributed by atoms with Crippen molar-refractivity contribution in [3.8, 4) is 11.5 Å². The molecule has 0 aromatic heterocycles. The Morgan fingerprint density at radius 1 is 1.10 bits per heavy atom. The second kappa shape index (κ2) is 12.7. The summed E-state index contributed by atoms with van der Waals surface area (Å²) >= 11 is 0. The van der Waals surface area contributed by atoms with Gasteiger partial charge in [-0.05, 0) is 76.0 Å². The standard InChI is InChI=1S/C25H31F2N3O3.C2HF3O2/c1-4-33-22-13-16(5-8-21(22)32-3)25-10-9-18(15-23(25)30(2)12-11-25)29-24(31)28-17-6-7-19(26)20(27)14-17;3-2(4,5)1(6)7/h5-8,13-14,18,23H,4,9-12,15H2,1-3H3,(H2,28,29,31);(H,6,7)/t18-,23+,25+;/m1./s1. The maximum Gasteiger partial charge on any atom is 0.490 e. The molecule has 1 aliphatic heterocycles. The van der Waals surface area contributed by atoms with Gasteiger partial charge in [-0.1, -0.05) is 6.07 Å². The Labute approximate surface area is 228 Å². The highest BCUT2D eigenvalue weighted by atomic mass is 19.4. The average Bonchev–Trinajstić information content (AvgIpc) is 3.23. The number of rotatable bonds is 6. The number of carbonyl (C=O) groups is 2. The number of likely N-dealkylation sites (N-methyl/N-ethyl adjacent to an activating group) is 1. The number of nitrogens with zero attached hydrogens (tertiary/aromatic N) is 1. The smallest absolute Gasteiger partial charge is 0.490 e. The van der Waals surface area contributed by atoms with Crippen molar-refractivity contribution in [3.05, 3.63) is 53.6 Å². The number of likely N-dealkylation sites (tertiary alicyclic amines) is 1. The Morgan fingerprint density at radius 3 is 2.40 bits per heavy atom. The Hall–Kier alpha value is -3.61. The number of anilines is 1. The molecule has 4 rings (SSSR count). The number of ether oxygens (including phenoxy) is 2. The number of carbonyl (C=O) groups excluding carboxylic acids is 1. The van der Waals surface area contributed by atoms with E-state index in [-0.39, 0.29) is 23.2 Å². The lowest BCUT2D eigenvalue weighted by Crippen LogP contribution is -2.52. The van der Waals surface area contributed by atoms with Gasteiger partial charge in [0.1, 0.15) is 0 Å². The summed E-state index contributed by atoms with van der Waals surface area (Å²) in [5.74, 6) is -3.21. The van der Waals surface area contributed by atoms with Crippen LogP contribution in [0.1, 0.15) is 38.2 Å². The number of hydrogen-bond donors (Lipinski definition) is 3. The van der Waals surface area contributed by atoms with Crippen LogP contribution in [0.3, 0.4) is 0 Å². The normalized spacial score (nSPS) is 22.4. The number of urea groups is 1. The van der Waals surface area contributed by atoms with Gasteiger partial charge in [-0.2, -0.15) is 13.2 Å². The lowest BCUT2D eigenvalue weighted by molar-refractivity contribution is -0.192. The van der Waals surface area contributed by atoms with Gasteiger partial charge in [-0.25, -0.2) is 18.4 Å². The SMILES string of the molecule is CCOc1cc([C@@]23CC[C@@H](NC(=O)Nc4ccc(F)c(F)c4)C[C@@H]2N(C)CC3)ccc1OC.O=C(O)C(F)(F)F. The quantitative estimate of drug-likeness (QED) is 0.405. The summed E-state index contributed by atoms with van der Waals surface area (Å²) < 4.78 is 69.6. The Kier molecular flexibility index (Phi) is 9.82. The zero-order valence-electron chi connectivity index (χ0n) is 22.3. The molecular weight excluding hydrogens is 541 g/mol. The lowest BCUT2D eigenvalue weighted by Gasteiger charge is -2.45. The molecule has 1 heterocycles. The number of carboxylic acids is 1. The molecule has 0 spiro atoms. The minimum Gasteiger partial charge on any atom is -0.493 e. The number of aliphatic carboxylic acids is 1. The molecule has 0 unspecified atom stereocenters. The largest absolute Gasteiger partial charge is 0.493 e. The van der Waals surface area contributed by atoms with E-state index in [1.807, 2.05) is 13.0 Å². The molecule has 8 nitrogen and oxygen atoms in total. The number of methoxy groups -OCH3 is 1. The monoisotopic (exact) mass is 573 g/mol. The fraction of sp³-hybridized carbons (Fsp3) is 0.481. The first-order valence-corrected chi connectivity index (χ1v) is 12.6. The Morgan fingerprint density at radius 2 is 1.80 bits per heavy atom. The molecule has 2 aliphatic rings. The number of alkyl halides is 3. The van der Waals surface area contributed by atoms with E-state index in [0.717, 1.165) is 55.9 Å². The van der Waals surface area contributed by atoms with Gasteiger partial charge in [0.05, 0.1) is 13.7 Å². The predicted octanol–water partition coefficient (Wildman–Crippen LogP) is 5.32. The van der Waals surface area contributed by atoms with Gasteiger partial charge in [0, 0.05) is 29.3 Å². The number of nitrogens with one attached hydrogen (secondary N) is 2. The van der Waals surface area contributed by atoms with Crippen LogP contribution >= 0.6 is 0 Å². The fourth-order valence-electron chi connectivity index (χ4n) is 5.43. The maximum absolute atomic E-state index is 13.4. The van der Waals surface area contributed by atoms with Gasteiger partial charge in [0.25, 0.3) is 0 Å². The third-order valence-electron chi connectivity index (χ3n) is 7.32. The number of halogens is 5. The summed E-state index contributed by atoms with van der Waals surface area (Å²) in [7, 11) is 3.77. The molecule has 2 aromatic rings. The molecule has 40 heavy (non-hydrogen) atoms. The first kappa shape index (κ1) is 30.9. The van der Waals surface area contributed by atoms with Gasteiger partial charge in [-0.15, -0.1) is 0 Å². The van der Waals surface area contributed by atoms with E-state index in [1.165, 1.54) is 11.6 Å². The molecule has 2 fully saturated rings. The summed E-state index contributed by atoms with van der Waals surface area (Å²) in [5.41, 5.74) is 1.45. The fourth-order valence-corrected chi connectivity index (χ4v) is 5.43. The first-order chi connectivity index (χ1) is 18.8. The second-order valence-electron chi connectivity index (χ2n) is 9.70. The van der Waals surface area contributed by atoms with Crippen molar-refractivity contribution in [1.29, 1.82) is 0 Å². The minimum absolute atomic E-state index is 0.0123. The van der Waals surface area contributed by atoms with Gasteiger partial charge >= 0.3 is 18.2 Å². The third kappa shape index (κ3) is 7.12. The van der Waals surface area contributed by atoms with Crippen molar-refractivity contribution in [2.45, 2.75) is 56.3 Å². The molecule has 0 bridgehead atoms. The molecule has 3 atom stereocenters. The van der Waals surface area contributed by atoms with Crippen LogP contribution < -0.4 is 20.1 Å². The maximum atomic E-state index is 13.4. The molecule has 0 radical (unpaired) electrons. The van der Waals surface area contributed by atoms with Crippen LogP contribution in [-0.4, -0.2) is 67.6 Å². The van der Waals surface area contributed by atoms with E-state index < -0.39 is 29.8 Å². The van der Waals surface area contributed by atoms with Gasteiger partial charge < -0.3 is 30.1 Å². The number of carboxylic acid groups (broad SMARTS) is 1. The molecular formula is C27H32F5N3O5. The van der Waals surface area contributed by atoms with Crippen LogP contribution in [-0.2, 0) is 10.2 Å². The van der Waals surface area contributed by atoms with Gasteiger partial charge in [0.15, 0.2) is 23.1 Å². The van der Waals surface area contributed by atoms with Crippen LogP contribution in [0.25, 0.3) is 0 Å². The van der Waals surface area contributed by atoms with Crippen LogP contribution in [0.4, 0.5) is 32.4 Å². The molecule has 1 saturated heterocycles. The number of amides is 2. The predicted molar refractivity (Wildman–Crippen MR) is 137 cm³/mol. The molecule has 220 valence electrons. The minimum atomic E-state index is -5.08. The highest BCUT2D eigenvalue weighted by Gasteiger charge is 2.50. The van der Waals surface area contributed by atoms with Crippen molar-refractivity contribution in [1.82, 2.24) is 10.2 Å². The topological polar surface area (TPSA) is 100 Å². The van der Waals surface area contributed by atoms with Crippen LogP contribution in [0, 0.1) is 11.6 Å². The van der Waals surface area contributed by atoms with Crippen molar-refractivity contribution in [3.63, 3.8) is 0 Å². The number of fused-ring (bicyclic) bond motifs is 1. The Bertz CT molecular complexity index is 1210. The number of hydrogen-bond acceptors (Lipinski definition) is 5. The van der Waals surface area contributed by atoms with E-state index in [9.17, 15) is 26.7 Å². The van der Waals surface area contributed by atoms with E-state index >= 15 is 0 Å². The van der Waals surface area contributed by atoms with E-state index in [2.05, 4.69) is 34.7 Å². The van der Waals surface area contributed by atoms with Gasteiger partial charge in [0.2, 0.25) is 0 Å². The molecule has 1 saturated carbocycles. The van der Waals surface area contributed by atoms with Crippen LogP contribution in [0.15, 0.2) is 36.4 Å². The highest BCUT2D eigenvalue weighted by Crippen LogP contribution is 2.49. The molecule has 2 aromatic carbocycles. The zero-order valence-corrected chi connectivity index (χ0v) is 22.3. The van der Waals surface area contributed by atoms with E-state index in [4.69, 9.17) is 19.4 Å². The molecule has 2 amide bonds. The average molecular weight is 574 g/mol. The Balaban J connectivity index is 0.000000559. The second-order valence-corrected chi connectivity index (χ2v) is 9.70. The summed E-state index contributed by atoms with van der Waals surface area (Å²) in [6, 6.07) is 9.38. The van der Waals surface area contributed by atoms with E-state index in [0.29, 0.717) is 6.61 Å². The molecule has 1 aliphatic carbocycles. The summed E-state index contributed by atoms with van der Waals surface area (Å²) in [4.78, 5) is 23.8. The lowest BCUT2D eigenvalue weighted by atomic mass is 9.65. The van der Waals surface area contributed by atoms with Crippen molar-refractivity contribution in [2.75, 3.05) is 32.6 Å². The first-order valence-electron chi connectivity index (χ1n) is 12.6. The summed E-state index contributed by atoms with van der Waals surface area (Å²) in [5, 5.41) is 12.7. The van der Waals surface area contributed by atoms with Gasteiger partial charge in [-0.3, -0.25) is 0 Å². The number of benzene rings is 2. The zero-order chi connectivity index (χ0) is 29.7. The highest BCUT2D eigenvalue weighted by molar-refractivity contribution is 5.89. The van der Waals surface area contributed by atoms with Crippen LogP contribution in [0.5, 0.6) is 11.5 Å². The van der Waals surface area contributed by atoms with Crippen molar-refractivity contribution < 1.29 is 46.1 Å². The summed E-state index contributed by atoms with van der Waals surface area (Å²) in [6.07, 6.45) is -1.49. The molecule has 3 N–H and O–H groups in total. The van der Waals surface area contributed by atoms with Crippen LogP contribution in [0.2, 0.25) is 0 Å². The van der Waals surface area contributed by atoms with Crippen molar-refractivity contribution in [2.24, 2.45) is 0 Å². The third-order valence-corrected chi connectivity index (χ3v) is 7.32. The van der Waals surface area contributed by atoms with Crippen molar-refractivity contribution >= 4 is 17.7 Å². The van der Waals surface area contributed by atoms with E-state index in [1.54, 1.807) is 7.11 Å². The summed E-state index contributed by atoms with van der Waals surface area (Å²) in [6.45, 7) is 3.50. The molecule has 13 heteroatoms.